The molecule has 1 aromatic heterocycles. The van der Waals surface area contributed by atoms with Crippen molar-refractivity contribution in [3.05, 3.63) is 64.7 Å². The van der Waals surface area contributed by atoms with E-state index in [1.165, 1.54) is 11.1 Å². The van der Waals surface area contributed by atoms with Crippen LogP contribution in [0, 0.1) is 0 Å². The van der Waals surface area contributed by atoms with Crippen LogP contribution in [0.2, 0.25) is 5.02 Å². The Hall–Kier alpha value is -2.02. The van der Waals surface area contributed by atoms with E-state index in [9.17, 15) is 0 Å². The highest BCUT2D eigenvalue weighted by atomic mass is 35.5. The smallest absolute Gasteiger partial charge is 0.0724 e. The Morgan fingerprint density at radius 3 is 2.00 bits per heavy atom. The first-order valence-electron chi connectivity index (χ1n) is 12.0. The molecule has 174 valence electrons. The van der Waals surface area contributed by atoms with Crippen LogP contribution < -0.4 is 0 Å². The lowest BCUT2D eigenvalue weighted by Gasteiger charge is -2.34. The van der Waals surface area contributed by atoms with Gasteiger partial charge in [0.25, 0.3) is 0 Å². The van der Waals surface area contributed by atoms with Gasteiger partial charge in [-0.15, -0.1) is 0 Å². The summed E-state index contributed by atoms with van der Waals surface area (Å²) in [6, 6.07) is 17.0. The van der Waals surface area contributed by atoms with E-state index in [0.29, 0.717) is 0 Å². The minimum atomic E-state index is 0.762. The molecule has 5 nitrogen and oxygen atoms in total. The molecule has 0 radical (unpaired) electrons. The van der Waals surface area contributed by atoms with Crippen LogP contribution >= 0.6 is 11.6 Å². The Morgan fingerprint density at radius 2 is 1.33 bits per heavy atom. The van der Waals surface area contributed by atoms with Gasteiger partial charge in [0.1, 0.15) is 0 Å². The number of hydrogen-bond acceptors (Lipinski definition) is 5. The molecule has 0 unspecified atom stereocenters. The summed E-state index contributed by atoms with van der Waals surface area (Å²) in [7, 11) is 4.43. The highest BCUT2D eigenvalue weighted by molar-refractivity contribution is 6.35. The molecule has 6 heteroatoms. The third-order valence-corrected chi connectivity index (χ3v) is 7.46. The molecule has 2 aliphatic heterocycles. The molecule has 0 aliphatic carbocycles. The molecule has 0 spiro atoms. The highest BCUT2D eigenvalue weighted by Crippen LogP contribution is 2.30. The quantitative estimate of drug-likeness (QED) is 0.568. The second kappa shape index (κ2) is 10.1. The third-order valence-electron chi connectivity index (χ3n) is 7.15. The molecule has 3 aromatic rings. The molecule has 0 N–H and O–H groups in total. The Labute approximate surface area is 202 Å². The number of likely N-dealkylation sites (N-methyl/N-ethyl adjacent to an activating group) is 2. The first kappa shape index (κ1) is 22.8. The van der Waals surface area contributed by atoms with Crippen LogP contribution in [-0.2, 0) is 13.1 Å². The lowest BCUT2D eigenvalue weighted by molar-refractivity contribution is 0.141. The molecule has 33 heavy (non-hydrogen) atoms. The van der Waals surface area contributed by atoms with Crippen LogP contribution in [0.15, 0.2) is 48.5 Å². The van der Waals surface area contributed by atoms with Gasteiger partial charge in [-0.05, 0) is 43.4 Å². The Morgan fingerprint density at radius 1 is 0.727 bits per heavy atom. The van der Waals surface area contributed by atoms with Gasteiger partial charge in [0.2, 0.25) is 0 Å². The molecule has 5 rings (SSSR count). The van der Waals surface area contributed by atoms with E-state index in [4.69, 9.17) is 16.6 Å². The van der Waals surface area contributed by atoms with E-state index in [1.54, 1.807) is 0 Å². The summed E-state index contributed by atoms with van der Waals surface area (Å²) in [5.41, 5.74) is 5.90. The summed E-state index contributed by atoms with van der Waals surface area (Å²) in [4.78, 5) is 15.0. The van der Waals surface area contributed by atoms with E-state index in [1.807, 2.05) is 30.3 Å². The van der Waals surface area contributed by atoms with Crippen LogP contribution in [0.1, 0.15) is 11.1 Å². The van der Waals surface area contributed by atoms with E-state index in [0.717, 1.165) is 92.6 Å². The van der Waals surface area contributed by atoms with Crippen molar-refractivity contribution in [3.8, 4) is 11.3 Å². The summed E-state index contributed by atoms with van der Waals surface area (Å²) in [6.07, 6.45) is 0. The number of rotatable bonds is 5. The molecule has 0 bridgehead atoms. The van der Waals surface area contributed by atoms with Crippen LogP contribution in [-0.4, -0.2) is 91.0 Å². The van der Waals surface area contributed by atoms with Crippen molar-refractivity contribution in [2.75, 3.05) is 66.5 Å². The first-order chi connectivity index (χ1) is 16.0. The predicted octanol–water partition coefficient (Wildman–Crippen LogP) is 4.05. The molecule has 0 atom stereocenters. The van der Waals surface area contributed by atoms with E-state index >= 15 is 0 Å². The summed E-state index contributed by atoms with van der Waals surface area (Å²) in [6.45, 7) is 11.1. The fourth-order valence-electron chi connectivity index (χ4n) is 4.86. The lowest BCUT2D eigenvalue weighted by Crippen LogP contribution is -2.45. The van der Waals surface area contributed by atoms with Gasteiger partial charge < -0.3 is 9.80 Å². The average molecular weight is 464 g/mol. The van der Waals surface area contributed by atoms with E-state index < -0.39 is 0 Å². The number of aromatic nitrogens is 1. The van der Waals surface area contributed by atoms with Gasteiger partial charge in [-0.3, -0.25) is 9.80 Å². The molecule has 2 fully saturated rings. The number of piperazine rings is 2. The minimum Gasteiger partial charge on any atom is -0.304 e. The molecule has 2 aromatic carbocycles. The van der Waals surface area contributed by atoms with Crippen molar-refractivity contribution >= 4 is 22.5 Å². The summed E-state index contributed by atoms with van der Waals surface area (Å²) in [5, 5.41) is 1.77. The standard InChI is InChI=1S/C27H34ClN5/c1-30-9-13-32(14-10-30)19-22-8-7-21(17-23(22)20-33-15-11-31(2)12-16-33)27-18-25(28)24-5-3-4-6-26(24)29-27/h3-8,17-18H,9-16,19-20H2,1-2H3. The number of hydrogen-bond donors (Lipinski definition) is 0. The number of halogens is 1. The summed E-state index contributed by atoms with van der Waals surface area (Å²) >= 11 is 6.63. The molecular formula is C27H34ClN5. The van der Waals surface area contributed by atoms with Gasteiger partial charge in [-0.1, -0.05) is 41.9 Å². The van der Waals surface area contributed by atoms with Crippen LogP contribution in [0.4, 0.5) is 0 Å². The van der Waals surface area contributed by atoms with Crippen LogP contribution in [0.5, 0.6) is 0 Å². The van der Waals surface area contributed by atoms with Crippen LogP contribution in [0.25, 0.3) is 22.2 Å². The SMILES string of the molecule is CN1CCN(Cc2ccc(-c3cc(Cl)c4ccccc4n3)cc2CN2CCN(C)CC2)CC1. The first-order valence-corrected chi connectivity index (χ1v) is 12.4. The van der Waals surface area contributed by atoms with Crippen molar-refractivity contribution < 1.29 is 0 Å². The normalized spacial score (nSPS) is 19.4. The number of benzene rings is 2. The van der Waals surface area contributed by atoms with Crippen molar-refractivity contribution in [1.82, 2.24) is 24.6 Å². The maximum atomic E-state index is 6.63. The predicted molar refractivity (Wildman–Crippen MR) is 138 cm³/mol. The average Bonchev–Trinajstić information content (AvgIpc) is 2.83. The summed E-state index contributed by atoms with van der Waals surface area (Å²) < 4.78 is 0. The van der Waals surface area contributed by atoms with Gasteiger partial charge in [0.15, 0.2) is 0 Å². The second-order valence-corrected chi connectivity index (χ2v) is 10.1. The van der Waals surface area contributed by atoms with Crippen LogP contribution in [0.3, 0.4) is 0 Å². The number of pyridine rings is 1. The molecule has 3 heterocycles. The Bertz CT molecular complexity index is 1100. The number of fused-ring (bicyclic) bond motifs is 1. The molecule has 0 amide bonds. The third kappa shape index (κ3) is 5.39. The Balaban J connectivity index is 1.45. The molecule has 0 saturated carbocycles. The highest BCUT2D eigenvalue weighted by Gasteiger charge is 2.19. The zero-order valence-corrected chi connectivity index (χ0v) is 20.6. The van der Waals surface area contributed by atoms with Crippen molar-refractivity contribution in [3.63, 3.8) is 0 Å². The minimum absolute atomic E-state index is 0.762. The van der Waals surface area contributed by atoms with Crippen molar-refractivity contribution in [1.29, 1.82) is 0 Å². The maximum Gasteiger partial charge on any atom is 0.0724 e. The van der Waals surface area contributed by atoms with Gasteiger partial charge in [0.05, 0.1) is 16.2 Å². The summed E-state index contributed by atoms with van der Waals surface area (Å²) in [5.74, 6) is 0. The fraction of sp³-hybridized carbons (Fsp3) is 0.444. The second-order valence-electron chi connectivity index (χ2n) is 9.65. The van der Waals surface area contributed by atoms with Gasteiger partial charge in [-0.25, -0.2) is 4.98 Å². The van der Waals surface area contributed by atoms with Crippen molar-refractivity contribution in [2.24, 2.45) is 0 Å². The zero-order chi connectivity index (χ0) is 22.8. The van der Waals surface area contributed by atoms with E-state index in [2.05, 4.69) is 51.9 Å². The molecule has 2 aliphatic rings. The van der Waals surface area contributed by atoms with E-state index in [-0.39, 0.29) is 0 Å². The van der Waals surface area contributed by atoms with Gasteiger partial charge >= 0.3 is 0 Å². The fourth-order valence-corrected chi connectivity index (χ4v) is 5.12. The van der Waals surface area contributed by atoms with Gasteiger partial charge in [0, 0.05) is 76.4 Å². The molecule has 2 saturated heterocycles. The number of para-hydroxylation sites is 1. The van der Waals surface area contributed by atoms with Gasteiger partial charge in [-0.2, -0.15) is 0 Å². The Kier molecular flexibility index (Phi) is 6.95. The largest absolute Gasteiger partial charge is 0.304 e. The van der Waals surface area contributed by atoms with Crippen molar-refractivity contribution in [2.45, 2.75) is 13.1 Å². The number of nitrogens with zero attached hydrogens (tertiary/aromatic N) is 5. The maximum absolute atomic E-state index is 6.63. The lowest BCUT2D eigenvalue weighted by atomic mass is 9.99. The topological polar surface area (TPSA) is 25.9 Å². The monoisotopic (exact) mass is 463 g/mol. The molecular weight excluding hydrogens is 430 g/mol. The zero-order valence-electron chi connectivity index (χ0n) is 19.8.